The van der Waals surface area contributed by atoms with Crippen LogP contribution in [0.15, 0.2) is 199 Å². The summed E-state index contributed by atoms with van der Waals surface area (Å²) in [5.74, 6) is 1.85. The van der Waals surface area contributed by atoms with Gasteiger partial charge in [-0.15, -0.1) is 11.3 Å². The maximum Gasteiger partial charge on any atom is 0.164 e. The van der Waals surface area contributed by atoms with Crippen LogP contribution in [0.25, 0.3) is 136 Å². The molecule has 0 aliphatic heterocycles. The van der Waals surface area contributed by atoms with Crippen LogP contribution in [0.2, 0.25) is 0 Å². The average Bonchev–Trinajstić information content (AvgIpc) is 4.02. The number of nitrogens with zero attached hydrogens (tertiary/aromatic N) is 4. The molecule has 0 saturated carbocycles. The molecule has 0 unspecified atom stereocenters. The predicted octanol–water partition coefficient (Wildman–Crippen LogP) is 15.7. The Morgan fingerprint density at radius 2 is 1.02 bits per heavy atom. The number of aromatic nitrogens is 4. The van der Waals surface area contributed by atoms with Gasteiger partial charge in [-0.05, 0) is 93.7 Å². The molecule has 4 heterocycles. The molecular formula is C57H32N4OS. The minimum atomic E-state index is 0.595. The molecule has 10 aromatic carbocycles. The fourth-order valence-electron chi connectivity index (χ4n) is 9.82. The van der Waals surface area contributed by atoms with Crippen molar-refractivity contribution in [1.29, 1.82) is 0 Å². The lowest BCUT2D eigenvalue weighted by Gasteiger charge is -2.12. The van der Waals surface area contributed by atoms with Gasteiger partial charge in [-0.2, -0.15) is 0 Å². The van der Waals surface area contributed by atoms with E-state index < -0.39 is 0 Å². The van der Waals surface area contributed by atoms with Crippen molar-refractivity contribution in [3.05, 3.63) is 194 Å². The van der Waals surface area contributed by atoms with Crippen molar-refractivity contribution >= 4 is 108 Å². The molecular weight excluding hydrogens is 789 g/mol. The third kappa shape index (κ3) is 5.25. The van der Waals surface area contributed by atoms with Gasteiger partial charge < -0.3 is 8.98 Å². The first-order valence-corrected chi connectivity index (χ1v) is 22.0. The zero-order valence-electron chi connectivity index (χ0n) is 33.6. The van der Waals surface area contributed by atoms with E-state index in [1.165, 1.54) is 63.5 Å². The van der Waals surface area contributed by atoms with E-state index in [-0.39, 0.29) is 0 Å². The van der Waals surface area contributed by atoms with Crippen LogP contribution in [0, 0.1) is 0 Å². The molecule has 0 atom stereocenters. The van der Waals surface area contributed by atoms with E-state index >= 15 is 0 Å². The molecule has 14 rings (SSSR count). The quantitative estimate of drug-likeness (QED) is 0.177. The largest absolute Gasteiger partial charge is 0.456 e. The third-order valence-electron chi connectivity index (χ3n) is 12.8. The number of fused-ring (bicyclic) bond motifs is 14. The van der Waals surface area contributed by atoms with Gasteiger partial charge >= 0.3 is 0 Å². The second-order valence-corrected chi connectivity index (χ2v) is 17.5. The lowest BCUT2D eigenvalue weighted by Crippen LogP contribution is -2.00. The Hall–Kier alpha value is -8.19. The Bertz CT molecular complexity index is 4220. The van der Waals surface area contributed by atoms with Crippen LogP contribution in [0.4, 0.5) is 0 Å². The van der Waals surface area contributed by atoms with Crippen LogP contribution in [0.5, 0.6) is 0 Å². The van der Waals surface area contributed by atoms with Crippen molar-refractivity contribution < 1.29 is 4.42 Å². The molecule has 0 saturated heterocycles. The second-order valence-electron chi connectivity index (χ2n) is 16.4. The summed E-state index contributed by atoms with van der Waals surface area (Å²) in [4.78, 5) is 15.2. The SMILES string of the molecule is c1ccc(-c2nc(-c3ccc4c(c3)oc3ccc5cc(-n6c7cc8ccccc8cc7c7ccc8ccccc8c76)ccc5c34)nc(-c3ccc4sc5ccccc5c4c3)n2)cc1. The Morgan fingerprint density at radius 1 is 0.365 bits per heavy atom. The average molecular weight is 821 g/mol. The molecule has 63 heavy (non-hydrogen) atoms. The standard InChI is InChI=1S/C57H32N4OS/c1-2-11-34(12-3-1)55-58-56(38-21-27-52-47(30-38)43-16-8-9-17-51(43)63-52)60-57(59-55)39-19-24-45-50(32-39)62-49-26-20-37-28-40(22-25-41(37)53(45)49)61-48-31-36-14-5-4-13-35(36)29-46(48)44-23-18-33-10-6-7-15-42(33)54(44)61/h1-32H. The Morgan fingerprint density at radius 3 is 1.87 bits per heavy atom. The first-order chi connectivity index (χ1) is 31.2. The third-order valence-corrected chi connectivity index (χ3v) is 13.9. The van der Waals surface area contributed by atoms with Gasteiger partial charge in [-0.1, -0.05) is 127 Å². The monoisotopic (exact) mass is 820 g/mol. The molecule has 0 amide bonds. The van der Waals surface area contributed by atoms with Crippen molar-refractivity contribution in [2.24, 2.45) is 0 Å². The van der Waals surface area contributed by atoms with E-state index in [9.17, 15) is 0 Å². The van der Waals surface area contributed by atoms with E-state index in [1.807, 2.05) is 30.3 Å². The summed E-state index contributed by atoms with van der Waals surface area (Å²) in [5, 5.41) is 14.3. The van der Waals surface area contributed by atoms with Crippen molar-refractivity contribution in [2.45, 2.75) is 0 Å². The zero-order chi connectivity index (χ0) is 41.2. The molecule has 0 aliphatic carbocycles. The Labute approximate surface area is 363 Å². The molecule has 0 bridgehead atoms. The highest BCUT2D eigenvalue weighted by atomic mass is 32.1. The molecule has 4 aromatic heterocycles. The maximum atomic E-state index is 6.66. The van der Waals surface area contributed by atoms with Crippen molar-refractivity contribution in [3.63, 3.8) is 0 Å². The van der Waals surface area contributed by atoms with E-state index in [0.29, 0.717) is 17.5 Å². The highest BCUT2D eigenvalue weighted by molar-refractivity contribution is 7.25. The van der Waals surface area contributed by atoms with Crippen LogP contribution in [-0.2, 0) is 0 Å². The molecule has 0 aliphatic rings. The first kappa shape index (κ1) is 34.5. The Kier molecular flexibility index (Phi) is 7.21. The van der Waals surface area contributed by atoms with Crippen LogP contribution < -0.4 is 0 Å². The summed E-state index contributed by atoms with van der Waals surface area (Å²) in [5.41, 5.74) is 7.91. The molecule has 0 spiro atoms. The van der Waals surface area contributed by atoms with Gasteiger partial charge in [-0.25, -0.2) is 15.0 Å². The fraction of sp³-hybridized carbons (Fsp3) is 0. The minimum Gasteiger partial charge on any atom is -0.456 e. The molecule has 0 N–H and O–H groups in total. The van der Waals surface area contributed by atoms with E-state index in [2.05, 4.69) is 168 Å². The predicted molar refractivity (Wildman–Crippen MR) is 263 cm³/mol. The first-order valence-electron chi connectivity index (χ1n) is 21.2. The molecule has 14 aromatic rings. The number of benzene rings is 10. The van der Waals surface area contributed by atoms with Crippen molar-refractivity contribution in [1.82, 2.24) is 19.5 Å². The summed E-state index contributed by atoms with van der Waals surface area (Å²) in [7, 11) is 0. The van der Waals surface area contributed by atoms with Gasteiger partial charge in [0.05, 0.1) is 11.0 Å². The smallest absolute Gasteiger partial charge is 0.164 e. The normalized spacial score (nSPS) is 12.1. The van der Waals surface area contributed by atoms with Crippen LogP contribution >= 0.6 is 11.3 Å². The fourth-order valence-corrected chi connectivity index (χ4v) is 10.9. The lowest BCUT2D eigenvalue weighted by atomic mass is 10.0. The van der Waals surface area contributed by atoms with E-state index in [1.54, 1.807) is 11.3 Å². The number of hydrogen-bond acceptors (Lipinski definition) is 5. The summed E-state index contributed by atoms with van der Waals surface area (Å²) >= 11 is 1.81. The number of hydrogen-bond donors (Lipinski definition) is 0. The molecule has 0 fully saturated rings. The number of thiophene rings is 1. The van der Waals surface area contributed by atoms with Crippen LogP contribution in [-0.4, -0.2) is 19.5 Å². The van der Waals surface area contributed by atoms with Crippen molar-refractivity contribution in [2.75, 3.05) is 0 Å². The molecule has 5 nitrogen and oxygen atoms in total. The minimum absolute atomic E-state index is 0.595. The summed E-state index contributed by atoms with van der Waals surface area (Å²) < 4.78 is 11.6. The van der Waals surface area contributed by atoms with Gasteiger partial charge in [0.1, 0.15) is 11.2 Å². The number of furan rings is 1. The van der Waals surface area contributed by atoms with Gasteiger partial charge in [0, 0.05) is 69.5 Å². The van der Waals surface area contributed by atoms with Gasteiger partial charge in [0.15, 0.2) is 17.5 Å². The highest BCUT2D eigenvalue weighted by Crippen LogP contribution is 2.42. The summed E-state index contributed by atoms with van der Waals surface area (Å²) in [6, 6.07) is 69.3. The van der Waals surface area contributed by atoms with Crippen LogP contribution in [0.1, 0.15) is 0 Å². The Balaban J connectivity index is 0.925. The topological polar surface area (TPSA) is 56.7 Å². The molecule has 0 radical (unpaired) electrons. The maximum absolute atomic E-state index is 6.66. The van der Waals surface area contributed by atoms with Crippen molar-refractivity contribution in [3.8, 4) is 39.9 Å². The van der Waals surface area contributed by atoms with Gasteiger partial charge in [-0.3, -0.25) is 0 Å². The lowest BCUT2D eigenvalue weighted by molar-refractivity contribution is 0.669. The zero-order valence-corrected chi connectivity index (χ0v) is 34.4. The highest BCUT2D eigenvalue weighted by Gasteiger charge is 2.20. The van der Waals surface area contributed by atoms with E-state index in [0.717, 1.165) is 55.1 Å². The molecule has 6 heteroatoms. The second kappa shape index (κ2) is 13.2. The molecule has 292 valence electrons. The van der Waals surface area contributed by atoms with Gasteiger partial charge in [0.2, 0.25) is 0 Å². The summed E-state index contributed by atoms with van der Waals surface area (Å²) in [6.07, 6.45) is 0. The summed E-state index contributed by atoms with van der Waals surface area (Å²) in [6.45, 7) is 0. The van der Waals surface area contributed by atoms with E-state index in [4.69, 9.17) is 19.4 Å². The van der Waals surface area contributed by atoms with Gasteiger partial charge in [0.25, 0.3) is 0 Å². The number of rotatable bonds is 4. The van der Waals surface area contributed by atoms with Crippen LogP contribution in [0.3, 0.4) is 0 Å².